The van der Waals surface area contributed by atoms with Gasteiger partial charge in [-0.25, -0.2) is 0 Å². The first-order valence-electron chi connectivity index (χ1n) is 5.94. The summed E-state index contributed by atoms with van der Waals surface area (Å²) in [7, 11) is 0. The second-order valence-electron chi connectivity index (χ2n) is 4.73. The van der Waals surface area contributed by atoms with Crippen molar-refractivity contribution in [1.29, 1.82) is 0 Å². The number of ether oxygens (including phenoxy) is 1. The van der Waals surface area contributed by atoms with Crippen molar-refractivity contribution in [2.24, 2.45) is 0 Å². The number of hydrogen-bond donors (Lipinski definition) is 4. The Kier molecular flexibility index (Phi) is 4.46. The molecule has 1 aromatic carbocycles. The third-order valence-corrected chi connectivity index (χ3v) is 3.79. The highest BCUT2D eigenvalue weighted by atomic mass is 35.5. The van der Waals surface area contributed by atoms with E-state index >= 15 is 0 Å². The topological polar surface area (TPSA) is 93.4 Å². The van der Waals surface area contributed by atoms with Gasteiger partial charge in [-0.15, -0.1) is 0 Å². The van der Waals surface area contributed by atoms with Gasteiger partial charge in [0.15, 0.2) is 0 Å². The first kappa shape index (κ1) is 15.8. The lowest BCUT2D eigenvalue weighted by Gasteiger charge is -2.45. The molecule has 0 saturated carbocycles. The van der Waals surface area contributed by atoms with Crippen molar-refractivity contribution in [3.8, 4) is 0 Å². The van der Waals surface area contributed by atoms with Gasteiger partial charge in [-0.1, -0.05) is 12.1 Å². The Bertz CT molecular complexity index is 471. The van der Waals surface area contributed by atoms with Crippen LogP contribution >= 0.6 is 23.6 Å². The van der Waals surface area contributed by atoms with Crippen molar-refractivity contribution < 1.29 is 25.2 Å². The second kappa shape index (κ2) is 5.65. The Morgan fingerprint density at radius 2 is 1.65 bits per heavy atom. The Balaban J connectivity index is 2.33. The molecule has 1 fully saturated rings. The van der Waals surface area contributed by atoms with E-state index in [1.54, 1.807) is 0 Å². The van der Waals surface area contributed by atoms with Crippen molar-refractivity contribution in [2.75, 3.05) is 3.94 Å². The van der Waals surface area contributed by atoms with E-state index in [2.05, 4.69) is 0 Å². The van der Waals surface area contributed by atoms with Crippen LogP contribution in [0.2, 0.25) is 0 Å². The molecule has 112 valence electrons. The van der Waals surface area contributed by atoms with Crippen LogP contribution < -0.4 is 3.94 Å². The quantitative estimate of drug-likeness (QED) is 0.590. The van der Waals surface area contributed by atoms with E-state index in [0.29, 0.717) is 5.69 Å². The summed E-state index contributed by atoms with van der Waals surface area (Å²) >= 11 is 11.1. The zero-order valence-corrected chi connectivity index (χ0v) is 12.0. The summed E-state index contributed by atoms with van der Waals surface area (Å²) < 4.78 is 6.11. The number of halogens is 2. The van der Waals surface area contributed by atoms with E-state index in [9.17, 15) is 20.4 Å². The number of rotatable bonds is 2. The molecule has 1 aromatic rings. The van der Waals surface area contributed by atoms with E-state index in [1.165, 1.54) is 31.2 Å². The highest BCUT2D eigenvalue weighted by Gasteiger charge is 2.52. The van der Waals surface area contributed by atoms with Crippen LogP contribution in [0, 0.1) is 0 Å². The molecule has 5 atom stereocenters. The van der Waals surface area contributed by atoms with Gasteiger partial charge in [-0.2, -0.15) is 3.94 Å². The maximum absolute atomic E-state index is 10.5. The van der Waals surface area contributed by atoms with Gasteiger partial charge in [-0.05, 0) is 19.1 Å². The van der Waals surface area contributed by atoms with Crippen LogP contribution in [0.5, 0.6) is 0 Å². The number of anilines is 1. The fourth-order valence-electron chi connectivity index (χ4n) is 2.17. The molecular weight excluding hydrogens is 309 g/mol. The molecule has 1 saturated heterocycles. The van der Waals surface area contributed by atoms with E-state index in [-0.39, 0.29) is 5.56 Å². The van der Waals surface area contributed by atoms with E-state index < -0.39 is 30.2 Å². The van der Waals surface area contributed by atoms with Crippen LogP contribution in [-0.4, -0.2) is 44.8 Å². The predicted octanol–water partition coefficient (Wildman–Crippen LogP) is 0.447. The lowest BCUT2D eigenvalue weighted by molar-refractivity contribution is -0.351. The van der Waals surface area contributed by atoms with Crippen molar-refractivity contribution in [1.82, 2.24) is 0 Å². The lowest BCUT2D eigenvalue weighted by atomic mass is 9.88. The van der Waals surface area contributed by atoms with E-state index in [4.69, 9.17) is 28.3 Å². The molecule has 0 unspecified atom stereocenters. The number of aliphatic hydroxyl groups excluding tert-OH is 3. The number of aliphatic hydroxyl groups is 4. The number of nitrogens with zero attached hydrogens (tertiary/aromatic N) is 1. The molecule has 1 heterocycles. The van der Waals surface area contributed by atoms with Crippen LogP contribution in [0.4, 0.5) is 5.69 Å². The summed E-state index contributed by atoms with van der Waals surface area (Å²) in [5.74, 6) is -2.12. The minimum Gasteiger partial charge on any atom is -0.388 e. The van der Waals surface area contributed by atoms with Crippen LogP contribution in [-0.2, 0) is 10.5 Å². The van der Waals surface area contributed by atoms with Crippen LogP contribution in [0.1, 0.15) is 12.5 Å². The molecule has 2 rings (SSSR count). The maximum atomic E-state index is 10.5. The summed E-state index contributed by atoms with van der Waals surface area (Å²) in [6.45, 7) is 1.48. The molecule has 0 amide bonds. The minimum absolute atomic E-state index is 0.210. The zero-order chi connectivity index (χ0) is 15.1. The van der Waals surface area contributed by atoms with Crippen molar-refractivity contribution in [3.05, 3.63) is 29.8 Å². The fraction of sp³-hybridized carbons (Fsp3) is 0.500. The molecule has 0 aliphatic carbocycles. The highest BCUT2D eigenvalue weighted by molar-refractivity contribution is 6.49. The smallest absolute Gasteiger partial charge is 0.222 e. The van der Waals surface area contributed by atoms with Gasteiger partial charge in [0, 0.05) is 29.1 Å². The largest absolute Gasteiger partial charge is 0.388 e. The Hall–Kier alpha value is -0.600. The summed E-state index contributed by atoms with van der Waals surface area (Å²) in [6, 6.07) is 5.91. The van der Waals surface area contributed by atoms with Crippen molar-refractivity contribution in [3.63, 3.8) is 0 Å². The zero-order valence-electron chi connectivity index (χ0n) is 10.5. The minimum atomic E-state index is -2.12. The van der Waals surface area contributed by atoms with Gasteiger partial charge >= 0.3 is 0 Å². The molecule has 1 aliphatic rings. The molecule has 4 N–H and O–H groups in total. The molecule has 0 bridgehead atoms. The third kappa shape index (κ3) is 2.60. The molecule has 6 nitrogen and oxygen atoms in total. The van der Waals surface area contributed by atoms with Crippen LogP contribution in [0.15, 0.2) is 24.3 Å². The van der Waals surface area contributed by atoms with Crippen molar-refractivity contribution in [2.45, 2.75) is 37.1 Å². The molecule has 1 aliphatic heterocycles. The van der Waals surface area contributed by atoms with Crippen molar-refractivity contribution >= 4 is 29.2 Å². The maximum Gasteiger partial charge on any atom is 0.222 e. The van der Waals surface area contributed by atoms with E-state index in [1.807, 2.05) is 0 Å². The molecule has 20 heavy (non-hydrogen) atoms. The van der Waals surface area contributed by atoms with Gasteiger partial charge in [-0.3, -0.25) is 0 Å². The van der Waals surface area contributed by atoms with Gasteiger partial charge in [0.25, 0.3) is 0 Å². The third-order valence-electron chi connectivity index (χ3n) is 3.40. The summed E-state index contributed by atoms with van der Waals surface area (Å²) in [4.78, 5) is 0. The first-order valence-corrected chi connectivity index (χ1v) is 6.61. The second-order valence-corrected chi connectivity index (χ2v) is 5.57. The Morgan fingerprint density at radius 3 is 2.15 bits per heavy atom. The fourth-order valence-corrected chi connectivity index (χ4v) is 2.40. The Labute approximate surface area is 125 Å². The SMILES string of the molecule is C[C@H]1O[C@@](O)(c2ccc(N(Cl)Cl)cc2)[C@H](O)[C@@H](O)[C@H]1O. The van der Waals surface area contributed by atoms with Gasteiger partial charge < -0.3 is 25.2 Å². The summed E-state index contributed by atoms with van der Waals surface area (Å²) in [5, 5.41) is 39.8. The standard InChI is InChI=1S/C12H15Cl2NO5/c1-6-9(16)10(17)11(18)12(19,20-6)7-2-4-8(5-3-7)15(13)14/h2-6,9-11,16-19H,1H3/t6-,9+,10+,11-,12+/m1/s1. The van der Waals surface area contributed by atoms with E-state index in [0.717, 1.165) is 3.94 Å². The average molecular weight is 324 g/mol. The monoisotopic (exact) mass is 323 g/mol. The normalized spacial score (nSPS) is 37.8. The summed E-state index contributed by atoms with van der Waals surface area (Å²) in [6.07, 6.45) is -5.36. The molecule has 0 aromatic heterocycles. The molecule has 8 heteroatoms. The molecular formula is C12H15Cl2NO5. The van der Waals surface area contributed by atoms with Gasteiger partial charge in [0.05, 0.1) is 11.8 Å². The molecule has 0 radical (unpaired) electrons. The van der Waals surface area contributed by atoms with Crippen LogP contribution in [0.3, 0.4) is 0 Å². The summed E-state index contributed by atoms with van der Waals surface area (Å²) in [5.41, 5.74) is 0.668. The van der Waals surface area contributed by atoms with Gasteiger partial charge in [0.1, 0.15) is 18.3 Å². The average Bonchev–Trinajstić information content (AvgIpc) is 2.43. The van der Waals surface area contributed by atoms with Crippen LogP contribution in [0.25, 0.3) is 0 Å². The Morgan fingerprint density at radius 1 is 1.10 bits per heavy atom. The lowest BCUT2D eigenvalue weighted by Crippen LogP contribution is -2.62. The predicted molar refractivity (Wildman–Crippen MR) is 73.1 cm³/mol. The highest BCUT2D eigenvalue weighted by Crippen LogP contribution is 2.37. The molecule has 0 spiro atoms. The first-order chi connectivity index (χ1) is 9.27. The number of hydrogen-bond acceptors (Lipinski definition) is 6. The number of benzene rings is 1. The van der Waals surface area contributed by atoms with Gasteiger partial charge in [0.2, 0.25) is 5.79 Å².